The first-order valence-electron chi connectivity index (χ1n) is 7.73. The van der Waals surface area contributed by atoms with Gasteiger partial charge >= 0.3 is 5.97 Å². The van der Waals surface area contributed by atoms with Gasteiger partial charge in [0.2, 0.25) is 0 Å². The van der Waals surface area contributed by atoms with Gasteiger partial charge in [0.05, 0.1) is 12.2 Å². The minimum atomic E-state index is -1.01. The fourth-order valence-corrected chi connectivity index (χ4v) is 3.19. The number of nitrogens with zero attached hydrogens (tertiary/aromatic N) is 2. The fraction of sp³-hybridized carbons (Fsp3) is 0.158. The Morgan fingerprint density at radius 1 is 1.16 bits per heavy atom. The van der Waals surface area contributed by atoms with Crippen LogP contribution in [0.25, 0.3) is 0 Å². The summed E-state index contributed by atoms with van der Waals surface area (Å²) in [5.41, 5.74) is 2.46. The molecule has 0 aliphatic heterocycles. The molecule has 0 radical (unpaired) electrons. The summed E-state index contributed by atoms with van der Waals surface area (Å²) in [4.78, 5) is 16.2. The number of aromatic carboxylic acids is 1. The fourth-order valence-electron chi connectivity index (χ4n) is 2.82. The number of carboxylic acid groups (broad SMARTS) is 1. The SMILES string of the molecule is Cc1nc(Cc2ccccc2)n(Cc2cc(Cl)ccc2Cl)c1C(=O)O. The van der Waals surface area contributed by atoms with E-state index < -0.39 is 5.97 Å². The van der Waals surface area contributed by atoms with Gasteiger partial charge in [0.15, 0.2) is 5.69 Å². The second-order valence-corrected chi connectivity index (χ2v) is 6.60. The van der Waals surface area contributed by atoms with Crippen LogP contribution < -0.4 is 0 Å². The number of rotatable bonds is 5. The highest BCUT2D eigenvalue weighted by molar-refractivity contribution is 6.33. The molecular formula is C19H16Cl2N2O2. The van der Waals surface area contributed by atoms with Crippen molar-refractivity contribution in [1.82, 2.24) is 9.55 Å². The third kappa shape index (κ3) is 3.86. The highest BCUT2D eigenvalue weighted by atomic mass is 35.5. The summed E-state index contributed by atoms with van der Waals surface area (Å²) >= 11 is 12.3. The van der Waals surface area contributed by atoms with Crippen molar-refractivity contribution in [3.05, 3.63) is 86.9 Å². The zero-order valence-electron chi connectivity index (χ0n) is 13.5. The third-order valence-corrected chi connectivity index (χ3v) is 4.57. The molecule has 0 spiro atoms. The molecule has 1 heterocycles. The summed E-state index contributed by atoms with van der Waals surface area (Å²) in [5.74, 6) is -0.334. The van der Waals surface area contributed by atoms with Crippen LogP contribution in [0.3, 0.4) is 0 Å². The molecule has 6 heteroatoms. The average Bonchev–Trinajstić information content (AvgIpc) is 2.87. The standard InChI is InChI=1S/C19H16Cl2N2O2/c1-12-18(19(24)25)23(11-14-10-15(20)7-8-16(14)21)17(22-12)9-13-5-3-2-4-6-13/h2-8,10H,9,11H2,1H3,(H,24,25). The zero-order chi connectivity index (χ0) is 18.0. The predicted octanol–water partition coefficient (Wildman–Crippen LogP) is 4.84. The predicted molar refractivity (Wildman–Crippen MR) is 98.7 cm³/mol. The number of carboxylic acids is 1. The lowest BCUT2D eigenvalue weighted by atomic mass is 10.1. The van der Waals surface area contributed by atoms with E-state index in [1.54, 1.807) is 29.7 Å². The molecule has 4 nitrogen and oxygen atoms in total. The summed E-state index contributed by atoms with van der Waals surface area (Å²) in [7, 11) is 0. The van der Waals surface area contributed by atoms with Gasteiger partial charge in [-0.15, -0.1) is 0 Å². The van der Waals surface area contributed by atoms with E-state index >= 15 is 0 Å². The lowest BCUT2D eigenvalue weighted by Gasteiger charge is -2.12. The molecule has 0 saturated carbocycles. The maximum atomic E-state index is 11.7. The van der Waals surface area contributed by atoms with Crippen molar-refractivity contribution < 1.29 is 9.90 Å². The number of imidazole rings is 1. The molecule has 0 amide bonds. The molecule has 0 atom stereocenters. The molecule has 128 valence electrons. The molecular weight excluding hydrogens is 359 g/mol. The van der Waals surface area contributed by atoms with Crippen LogP contribution in [0.2, 0.25) is 10.0 Å². The van der Waals surface area contributed by atoms with Crippen LogP contribution in [0, 0.1) is 6.92 Å². The molecule has 3 rings (SSSR count). The Morgan fingerprint density at radius 3 is 2.56 bits per heavy atom. The third-order valence-electron chi connectivity index (χ3n) is 3.96. The number of halogens is 2. The normalized spacial score (nSPS) is 10.8. The summed E-state index contributed by atoms with van der Waals surface area (Å²) in [6.07, 6.45) is 0.535. The summed E-state index contributed by atoms with van der Waals surface area (Å²) in [5, 5.41) is 10.7. The van der Waals surface area contributed by atoms with Crippen LogP contribution in [0.4, 0.5) is 0 Å². The van der Waals surface area contributed by atoms with Gasteiger partial charge in [-0.25, -0.2) is 9.78 Å². The van der Waals surface area contributed by atoms with E-state index in [2.05, 4.69) is 4.98 Å². The Labute approximate surface area is 155 Å². The van der Waals surface area contributed by atoms with Crippen LogP contribution in [0.1, 0.15) is 33.1 Å². The van der Waals surface area contributed by atoms with Gasteiger partial charge < -0.3 is 9.67 Å². The highest BCUT2D eigenvalue weighted by Gasteiger charge is 2.21. The number of carbonyl (C=O) groups is 1. The molecule has 0 fully saturated rings. The summed E-state index contributed by atoms with van der Waals surface area (Å²) in [6, 6.07) is 15.0. The number of hydrogen-bond acceptors (Lipinski definition) is 2. The molecule has 0 aliphatic carbocycles. The Bertz CT molecular complexity index is 921. The number of aryl methyl sites for hydroxylation is 1. The largest absolute Gasteiger partial charge is 0.477 e. The molecule has 0 bridgehead atoms. The molecule has 0 aliphatic rings. The molecule has 0 saturated heterocycles. The molecule has 2 aromatic carbocycles. The number of hydrogen-bond donors (Lipinski definition) is 1. The maximum absolute atomic E-state index is 11.7. The van der Waals surface area contributed by atoms with E-state index in [1.807, 2.05) is 30.3 Å². The van der Waals surface area contributed by atoms with E-state index in [0.717, 1.165) is 11.1 Å². The van der Waals surface area contributed by atoms with Crippen molar-refractivity contribution >= 4 is 29.2 Å². The van der Waals surface area contributed by atoms with Gasteiger partial charge in [-0.3, -0.25) is 0 Å². The first kappa shape index (κ1) is 17.5. The second-order valence-electron chi connectivity index (χ2n) is 5.75. The quantitative estimate of drug-likeness (QED) is 0.695. The lowest BCUT2D eigenvalue weighted by molar-refractivity contribution is 0.0684. The molecule has 25 heavy (non-hydrogen) atoms. The molecule has 3 aromatic rings. The number of aromatic nitrogens is 2. The van der Waals surface area contributed by atoms with Crippen molar-refractivity contribution in [2.75, 3.05) is 0 Å². The van der Waals surface area contributed by atoms with E-state index in [9.17, 15) is 9.90 Å². The van der Waals surface area contributed by atoms with Crippen molar-refractivity contribution in [3.8, 4) is 0 Å². The van der Waals surface area contributed by atoms with Crippen LogP contribution in [0.5, 0.6) is 0 Å². The average molecular weight is 375 g/mol. The first-order valence-corrected chi connectivity index (χ1v) is 8.48. The van der Waals surface area contributed by atoms with Gasteiger partial charge in [-0.2, -0.15) is 0 Å². The lowest BCUT2D eigenvalue weighted by Crippen LogP contribution is -2.14. The maximum Gasteiger partial charge on any atom is 0.354 e. The van der Waals surface area contributed by atoms with E-state index in [4.69, 9.17) is 23.2 Å². The Morgan fingerprint density at radius 2 is 1.88 bits per heavy atom. The van der Waals surface area contributed by atoms with Crippen LogP contribution in [-0.4, -0.2) is 20.6 Å². The van der Waals surface area contributed by atoms with Crippen molar-refractivity contribution in [2.24, 2.45) is 0 Å². The Balaban J connectivity index is 2.06. The topological polar surface area (TPSA) is 55.1 Å². The smallest absolute Gasteiger partial charge is 0.354 e. The van der Waals surface area contributed by atoms with Gasteiger partial charge in [0.1, 0.15) is 5.82 Å². The minimum absolute atomic E-state index is 0.168. The van der Waals surface area contributed by atoms with Crippen molar-refractivity contribution in [3.63, 3.8) is 0 Å². The first-order chi connectivity index (χ1) is 12.0. The molecule has 0 unspecified atom stereocenters. The van der Waals surface area contributed by atoms with E-state index in [-0.39, 0.29) is 5.69 Å². The van der Waals surface area contributed by atoms with Crippen LogP contribution >= 0.6 is 23.2 Å². The van der Waals surface area contributed by atoms with Crippen LogP contribution in [-0.2, 0) is 13.0 Å². The molecule has 1 aromatic heterocycles. The van der Waals surface area contributed by atoms with Crippen LogP contribution in [0.15, 0.2) is 48.5 Å². The van der Waals surface area contributed by atoms with Gasteiger partial charge in [-0.05, 0) is 36.2 Å². The second kappa shape index (κ2) is 7.30. The molecule has 1 N–H and O–H groups in total. The summed E-state index contributed by atoms with van der Waals surface area (Å²) in [6.45, 7) is 2.00. The monoisotopic (exact) mass is 374 g/mol. The van der Waals surface area contributed by atoms with Gasteiger partial charge in [0.25, 0.3) is 0 Å². The zero-order valence-corrected chi connectivity index (χ0v) is 15.1. The highest BCUT2D eigenvalue weighted by Crippen LogP contribution is 2.24. The van der Waals surface area contributed by atoms with Crippen molar-refractivity contribution in [2.45, 2.75) is 19.9 Å². The minimum Gasteiger partial charge on any atom is -0.477 e. The van der Waals surface area contributed by atoms with Gasteiger partial charge in [0, 0.05) is 16.5 Å². The van der Waals surface area contributed by atoms with Crippen molar-refractivity contribution in [1.29, 1.82) is 0 Å². The Kier molecular flexibility index (Phi) is 5.11. The summed E-state index contributed by atoms with van der Waals surface area (Å²) < 4.78 is 1.70. The van der Waals surface area contributed by atoms with Gasteiger partial charge in [-0.1, -0.05) is 53.5 Å². The number of benzene rings is 2. The van der Waals surface area contributed by atoms with E-state index in [0.29, 0.717) is 34.5 Å². The van der Waals surface area contributed by atoms with E-state index in [1.165, 1.54) is 0 Å². The Hall–Kier alpha value is -2.30.